The fourth-order valence-corrected chi connectivity index (χ4v) is 2.66. The van der Waals surface area contributed by atoms with E-state index >= 15 is 0 Å². The molecule has 2 N–H and O–H groups in total. The summed E-state index contributed by atoms with van der Waals surface area (Å²) >= 11 is 0. The number of carbonyl (C=O) groups is 1. The van der Waals surface area contributed by atoms with E-state index in [0.717, 1.165) is 12.8 Å². The molecule has 2 aromatic rings. The Labute approximate surface area is 134 Å². The van der Waals surface area contributed by atoms with E-state index in [1.165, 1.54) is 25.2 Å². The third-order valence-corrected chi connectivity index (χ3v) is 3.90. The van der Waals surface area contributed by atoms with E-state index in [0.29, 0.717) is 22.8 Å². The molecule has 6 heteroatoms. The highest BCUT2D eigenvalue weighted by atomic mass is 16.1. The number of nitrogens with zero attached hydrogens (tertiary/aromatic N) is 3. The first-order valence-electron chi connectivity index (χ1n) is 7.65. The molecule has 116 valence electrons. The fourth-order valence-electron chi connectivity index (χ4n) is 2.66. The molecule has 0 radical (unpaired) electrons. The molecular formula is C17H17N5O. The molecule has 0 spiro atoms. The Balaban J connectivity index is 1.67. The van der Waals surface area contributed by atoms with E-state index in [1.807, 2.05) is 6.07 Å². The predicted octanol–water partition coefficient (Wildman–Crippen LogP) is 2.76. The van der Waals surface area contributed by atoms with Gasteiger partial charge in [-0.05, 0) is 25.0 Å². The van der Waals surface area contributed by atoms with Gasteiger partial charge in [0.05, 0.1) is 16.8 Å². The molecule has 1 saturated carbocycles. The Bertz CT molecular complexity index is 729. The first-order chi connectivity index (χ1) is 11.3. The van der Waals surface area contributed by atoms with E-state index in [4.69, 9.17) is 5.26 Å². The number of amides is 1. The molecule has 3 rings (SSSR count). The molecular weight excluding hydrogens is 290 g/mol. The average molecular weight is 307 g/mol. The summed E-state index contributed by atoms with van der Waals surface area (Å²) in [6, 6.07) is 9.48. The molecule has 0 aliphatic heterocycles. The number of rotatable bonds is 4. The Kier molecular flexibility index (Phi) is 4.48. The first-order valence-corrected chi connectivity index (χ1v) is 7.65. The third kappa shape index (κ3) is 3.64. The normalized spacial score (nSPS) is 14.2. The van der Waals surface area contributed by atoms with Crippen LogP contribution in [0.15, 0.2) is 36.7 Å². The highest BCUT2D eigenvalue weighted by Gasteiger charge is 2.18. The van der Waals surface area contributed by atoms with Gasteiger partial charge in [-0.2, -0.15) is 5.26 Å². The number of anilines is 2. The van der Waals surface area contributed by atoms with Crippen LogP contribution >= 0.6 is 0 Å². The zero-order valence-corrected chi connectivity index (χ0v) is 12.6. The van der Waals surface area contributed by atoms with Crippen molar-refractivity contribution >= 4 is 17.5 Å². The second kappa shape index (κ2) is 6.88. The van der Waals surface area contributed by atoms with E-state index < -0.39 is 0 Å². The van der Waals surface area contributed by atoms with Gasteiger partial charge >= 0.3 is 0 Å². The number of nitriles is 1. The Morgan fingerprint density at radius 1 is 1.17 bits per heavy atom. The summed E-state index contributed by atoms with van der Waals surface area (Å²) in [6.45, 7) is 0. The molecule has 1 amide bonds. The number of hydrogen-bond donors (Lipinski definition) is 2. The van der Waals surface area contributed by atoms with Crippen molar-refractivity contribution in [2.45, 2.75) is 31.7 Å². The first kappa shape index (κ1) is 15.0. The largest absolute Gasteiger partial charge is 0.349 e. The standard InChI is InChI=1S/C17H17N5O/c18-9-12-5-1-4-8-15(12)22-17-19-10-13(11-20-17)16(23)21-14-6-2-3-7-14/h1,4-5,8,10-11,14H,2-3,6-7H2,(H,21,23)(H,19,20,22). The van der Waals surface area contributed by atoms with Gasteiger partial charge in [0.2, 0.25) is 5.95 Å². The van der Waals surface area contributed by atoms with Crippen LogP contribution in [-0.4, -0.2) is 21.9 Å². The van der Waals surface area contributed by atoms with Crippen molar-refractivity contribution in [1.82, 2.24) is 15.3 Å². The van der Waals surface area contributed by atoms with E-state index in [-0.39, 0.29) is 11.9 Å². The molecule has 6 nitrogen and oxygen atoms in total. The minimum atomic E-state index is -0.138. The molecule has 0 bridgehead atoms. The van der Waals surface area contributed by atoms with Crippen molar-refractivity contribution in [2.75, 3.05) is 5.32 Å². The van der Waals surface area contributed by atoms with Gasteiger partial charge in [0.1, 0.15) is 6.07 Å². The number of nitrogens with one attached hydrogen (secondary N) is 2. The Morgan fingerprint density at radius 3 is 2.57 bits per heavy atom. The number of benzene rings is 1. The molecule has 0 saturated heterocycles. The maximum Gasteiger partial charge on any atom is 0.254 e. The van der Waals surface area contributed by atoms with Crippen molar-refractivity contribution in [3.8, 4) is 6.07 Å². The van der Waals surface area contributed by atoms with Crippen LogP contribution in [0.3, 0.4) is 0 Å². The van der Waals surface area contributed by atoms with Gasteiger partial charge in [-0.25, -0.2) is 9.97 Å². The van der Waals surface area contributed by atoms with Crippen LogP contribution in [-0.2, 0) is 0 Å². The van der Waals surface area contributed by atoms with Crippen LogP contribution in [0.5, 0.6) is 0 Å². The van der Waals surface area contributed by atoms with Crippen molar-refractivity contribution in [2.24, 2.45) is 0 Å². The zero-order valence-electron chi connectivity index (χ0n) is 12.6. The maximum absolute atomic E-state index is 12.1. The number of carbonyl (C=O) groups excluding carboxylic acids is 1. The lowest BCUT2D eigenvalue weighted by atomic mass is 10.2. The van der Waals surface area contributed by atoms with Crippen molar-refractivity contribution in [3.63, 3.8) is 0 Å². The minimum Gasteiger partial charge on any atom is -0.349 e. The van der Waals surface area contributed by atoms with Crippen LogP contribution in [0.25, 0.3) is 0 Å². The Hall–Kier alpha value is -2.94. The third-order valence-electron chi connectivity index (χ3n) is 3.90. The molecule has 1 aromatic heterocycles. The molecule has 0 unspecified atom stereocenters. The van der Waals surface area contributed by atoms with Gasteiger partial charge in [0, 0.05) is 18.4 Å². The van der Waals surface area contributed by atoms with Crippen molar-refractivity contribution in [3.05, 3.63) is 47.8 Å². The number of hydrogen-bond acceptors (Lipinski definition) is 5. The van der Waals surface area contributed by atoms with Crippen molar-refractivity contribution < 1.29 is 4.79 Å². The number of para-hydroxylation sites is 1. The molecule has 1 aliphatic rings. The summed E-state index contributed by atoms with van der Waals surface area (Å²) in [6.07, 6.45) is 7.41. The summed E-state index contributed by atoms with van der Waals surface area (Å²) in [4.78, 5) is 20.4. The summed E-state index contributed by atoms with van der Waals surface area (Å²) in [7, 11) is 0. The molecule has 1 aromatic carbocycles. The van der Waals surface area contributed by atoms with Gasteiger partial charge in [-0.15, -0.1) is 0 Å². The number of aromatic nitrogens is 2. The van der Waals surface area contributed by atoms with Gasteiger partial charge in [-0.1, -0.05) is 25.0 Å². The van der Waals surface area contributed by atoms with Gasteiger partial charge < -0.3 is 10.6 Å². The summed E-state index contributed by atoms with van der Waals surface area (Å²) in [5.74, 6) is 0.214. The second-order valence-corrected chi connectivity index (χ2v) is 5.53. The summed E-state index contributed by atoms with van der Waals surface area (Å²) < 4.78 is 0. The lowest BCUT2D eigenvalue weighted by Crippen LogP contribution is -2.32. The lowest BCUT2D eigenvalue weighted by molar-refractivity contribution is 0.0937. The van der Waals surface area contributed by atoms with Crippen LogP contribution in [0.2, 0.25) is 0 Å². The van der Waals surface area contributed by atoms with Gasteiger partial charge in [0.25, 0.3) is 5.91 Å². The van der Waals surface area contributed by atoms with Crippen molar-refractivity contribution in [1.29, 1.82) is 5.26 Å². The van der Waals surface area contributed by atoms with E-state index in [1.54, 1.807) is 18.2 Å². The lowest BCUT2D eigenvalue weighted by Gasteiger charge is -2.11. The fraction of sp³-hybridized carbons (Fsp3) is 0.294. The smallest absolute Gasteiger partial charge is 0.254 e. The second-order valence-electron chi connectivity index (χ2n) is 5.53. The van der Waals surface area contributed by atoms with Crippen LogP contribution in [0, 0.1) is 11.3 Å². The van der Waals surface area contributed by atoms with Crippen LogP contribution in [0.4, 0.5) is 11.6 Å². The maximum atomic E-state index is 12.1. The zero-order chi connectivity index (χ0) is 16.1. The van der Waals surface area contributed by atoms with E-state index in [9.17, 15) is 4.79 Å². The van der Waals surface area contributed by atoms with Gasteiger partial charge in [-0.3, -0.25) is 4.79 Å². The topological polar surface area (TPSA) is 90.7 Å². The van der Waals surface area contributed by atoms with E-state index in [2.05, 4.69) is 26.7 Å². The quantitative estimate of drug-likeness (QED) is 0.906. The minimum absolute atomic E-state index is 0.138. The highest BCUT2D eigenvalue weighted by Crippen LogP contribution is 2.19. The molecule has 0 atom stereocenters. The molecule has 23 heavy (non-hydrogen) atoms. The predicted molar refractivity (Wildman–Crippen MR) is 86.2 cm³/mol. The molecule has 1 fully saturated rings. The summed E-state index contributed by atoms with van der Waals surface area (Å²) in [5, 5.41) is 15.1. The highest BCUT2D eigenvalue weighted by molar-refractivity contribution is 5.93. The van der Waals surface area contributed by atoms with Crippen LogP contribution in [0.1, 0.15) is 41.6 Å². The average Bonchev–Trinajstić information content (AvgIpc) is 3.09. The SMILES string of the molecule is N#Cc1ccccc1Nc1ncc(C(=O)NC2CCCC2)cn1. The van der Waals surface area contributed by atoms with Crippen LogP contribution < -0.4 is 10.6 Å². The Morgan fingerprint density at radius 2 is 1.87 bits per heavy atom. The molecule has 1 heterocycles. The summed E-state index contributed by atoms with van der Waals surface area (Å²) in [5.41, 5.74) is 1.59. The monoisotopic (exact) mass is 307 g/mol. The molecule has 1 aliphatic carbocycles. The van der Waals surface area contributed by atoms with Gasteiger partial charge in [0.15, 0.2) is 0 Å².